The first kappa shape index (κ1) is 19.5. The van der Waals surface area contributed by atoms with Gasteiger partial charge in [-0.25, -0.2) is 4.98 Å². The topological polar surface area (TPSA) is 109 Å². The van der Waals surface area contributed by atoms with Crippen LogP contribution in [-0.2, 0) is 6.54 Å². The van der Waals surface area contributed by atoms with Crippen LogP contribution in [0.15, 0.2) is 47.3 Å². The Balaban J connectivity index is 1.95. The van der Waals surface area contributed by atoms with Crippen LogP contribution in [0.2, 0.25) is 5.02 Å². The van der Waals surface area contributed by atoms with E-state index in [0.717, 1.165) is 6.07 Å². The summed E-state index contributed by atoms with van der Waals surface area (Å²) in [6.07, 6.45) is 0. The van der Waals surface area contributed by atoms with Crippen molar-refractivity contribution in [2.75, 3.05) is 0 Å². The minimum absolute atomic E-state index is 0.00943. The molecular formula is C19H17ClN4O4. The Morgan fingerprint density at radius 2 is 2.00 bits per heavy atom. The van der Waals surface area contributed by atoms with Gasteiger partial charge in [-0.2, -0.15) is 0 Å². The van der Waals surface area contributed by atoms with Gasteiger partial charge in [-0.1, -0.05) is 23.7 Å². The minimum atomic E-state index is -0.579. The summed E-state index contributed by atoms with van der Waals surface area (Å²) in [5.41, 5.74) is 0.193. The zero-order valence-electron chi connectivity index (χ0n) is 15.2. The van der Waals surface area contributed by atoms with Gasteiger partial charge in [-0.3, -0.25) is 19.7 Å². The number of carbonyl (C=O) groups is 1. The molecule has 8 nitrogen and oxygen atoms in total. The molecule has 0 unspecified atom stereocenters. The summed E-state index contributed by atoms with van der Waals surface area (Å²) in [5, 5.41) is 11.3. The van der Waals surface area contributed by atoms with Crippen molar-refractivity contribution in [1.29, 1.82) is 0 Å². The molecule has 2 aromatic carbocycles. The number of hydrogen-bond acceptors (Lipinski definition) is 5. The Labute approximate surface area is 164 Å². The molecule has 0 radical (unpaired) electrons. The summed E-state index contributed by atoms with van der Waals surface area (Å²) >= 11 is 6.10. The second-order valence-electron chi connectivity index (χ2n) is 6.48. The molecule has 0 fully saturated rings. The first-order valence-corrected chi connectivity index (χ1v) is 8.88. The molecule has 28 heavy (non-hydrogen) atoms. The van der Waals surface area contributed by atoms with Gasteiger partial charge in [-0.15, -0.1) is 0 Å². The lowest BCUT2D eigenvalue weighted by Crippen LogP contribution is -2.37. The lowest BCUT2D eigenvalue weighted by Gasteiger charge is -2.26. The van der Waals surface area contributed by atoms with E-state index in [9.17, 15) is 19.7 Å². The predicted molar refractivity (Wildman–Crippen MR) is 105 cm³/mol. The number of nitrogens with one attached hydrogen (secondary N) is 1. The van der Waals surface area contributed by atoms with Crippen molar-refractivity contribution in [2.45, 2.75) is 26.4 Å². The Bertz CT molecular complexity index is 1130. The summed E-state index contributed by atoms with van der Waals surface area (Å²) in [7, 11) is 0. The van der Waals surface area contributed by atoms with E-state index in [4.69, 9.17) is 11.6 Å². The van der Waals surface area contributed by atoms with Gasteiger partial charge >= 0.3 is 0 Å². The van der Waals surface area contributed by atoms with Crippen molar-refractivity contribution in [1.82, 2.24) is 14.9 Å². The number of fused-ring (bicyclic) bond motifs is 1. The number of carbonyl (C=O) groups excluding carboxylic acids is 1. The standard InChI is InChI=1S/C19H17ClN4O4/c1-11(2)23(19(26)13-8-7-12(24(27)28)9-15(13)20)10-17-21-16-6-4-3-5-14(16)18(25)22-17/h3-9,11H,10H2,1-2H3,(H,21,22,25). The number of nitro groups is 1. The molecule has 0 spiro atoms. The number of non-ortho nitro benzene ring substituents is 1. The predicted octanol–water partition coefficient (Wildman–Crippen LogP) is 3.54. The van der Waals surface area contributed by atoms with Crippen LogP contribution in [0.5, 0.6) is 0 Å². The van der Waals surface area contributed by atoms with Gasteiger partial charge in [0.25, 0.3) is 17.2 Å². The van der Waals surface area contributed by atoms with Gasteiger partial charge in [0.15, 0.2) is 0 Å². The highest BCUT2D eigenvalue weighted by molar-refractivity contribution is 6.34. The largest absolute Gasteiger partial charge is 0.329 e. The Kier molecular flexibility index (Phi) is 5.41. The number of para-hydroxylation sites is 1. The third-order valence-corrected chi connectivity index (χ3v) is 4.57. The average molecular weight is 401 g/mol. The molecule has 1 heterocycles. The summed E-state index contributed by atoms with van der Waals surface area (Å²) in [6.45, 7) is 3.69. The number of benzene rings is 2. The second kappa shape index (κ2) is 7.77. The number of halogens is 1. The van der Waals surface area contributed by atoms with Crippen LogP contribution < -0.4 is 5.56 Å². The fourth-order valence-electron chi connectivity index (χ4n) is 2.81. The molecule has 9 heteroatoms. The van der Waals surface area contributed by atoms with E-state index in [-0.39, 0.29) is 34.4 Å². The fourth-order valence-corrected chi connectivity index (χ4v) is 3.06. The Hall–Kier alpha value is -3.26. The van der Waals surface area contributed by atoms with Crippen molar-refractivity contribution in [3.8, 4) is 0 Å². The molecule has 0 saturated heterocycles. The summed E-state index contributed by atoms with van der Waals surface area (Å²) < 4.78 is 0. The molecule has 0 atom stereocenters. The Morgan fingerprint density at radius 1 is 1.29 bits per heavy atom. The number of hydrogen-bond donors (Lipinski definition) is 1. The lowest BCUT2D eigenvalue weighted by molar-refractivity contribution is -0.384. The van der Waals surface area contributed by atoms with E-state index in [0.29, 0.717) is 16.7 Å². The van der Waals surface area contributed by atoms with Crippen LogP contribution in [0.25, 0.3) is 10.9 Å². The minimum Gasteiger partial charge on any atom is -0.329 e. The molecule has 1 N–H and O–H groups in total. The third kappa shape index (κ3) is 3.86. The molecule has 0 aliphatic carbocycles. The number of aromatic nitrogens is 2. The number of nitrogens with zero attached hydrogens (tertiary/aromatic N) is 3. The van der Waals surface area contributed by atoms with Crippen molar-refractivity contribution < 1.29 is 9.72 Å². The smallest absolute Gasteiger partial charge is 0.270 e. The molecule has 0 aliphatic heterocycles. The van der Waals surface area contributed by atoms with Crippen molar-refractivity contribution >= 4 is 34.1 Å². The van der Waals surface area contributed by atoms with Crippen molar-refractivity contribution in [3.63, 3.8) is 0 Å². The lowest BCUT2D eigenvalue weighted by atomic mass is 10.1. The van der Waals surface area contributed by atoms with E-state index in [1.54, 1.807) is 24.3 Å². The molecule has 3 aromatic rings. The first-order valence-electron chi connectivity index (χ1n) is 8.50. The summed E-state index contributed by atoms with van der Waals surface area (Å²) in [4.78, 5) is 44.1. The van der Waals surface area contributed by atoms with Crippen molar-refractivity contribution in [2.24, 2.45) is 0 Å². The quantitative estimate of drug-likeness (QED) is 0.520. The van der Waals surface area contributed by atoms with Crippen LogP contribution >= 0.6 is 11.6 Å². The number of aromatic amines is 1. The van der Waals surface area contributed by atoms with Crippen LogP contribution in [-0.4, -0.2) is 31.7 Å². The van der Waals surface area contributed by atoms with Gasteiger partial charge in [0.2, 0.25) is 0 Å². The van der Waals surface area contributed by atoms with Crippen LogP contribution in [0.3, 0.4) is 0 Å². The zero-order valence-corrected chi connectivity index (χ0v) is 15.9. The zero-order chi connectivity index (χ0) is 20.4. The highest BCUT2D eigenvalue weighted by Crippen LogP contribution is 2.25. The maximum atomic E-state index is 13.0. The van der Waals surface area contributed by atoms with E-state index in [1.165, 1.54) is 17.0 Å². The number of amides is 1. The Morgan fingerprint density at radius 3 is 2.64 bits per heavy atom. The van der Waals surface area contributed by atoms with E-state index < -0.39 is 10.8 Å². The van der Waals surface area contributed by atoms with Crippen LogP contribution in [0.1, 0.15) is 30.0 Å². The molecule has 1 aromatic heterocycles. The van der Waals surface area contributed by atoms with E-state index in [1.807, 2.05) is 13.8 Å². The number of rotatable bonds is 5. The summed E-state index contributed by atoms with van der Waals surface area (Å²) in [5.74, 6) is -0.0745. The number of nitro benzene ring substituents is 1. The molecule has 0 bridgehead atoms. The normalized spacial score (nSPS) is 11.0. The third-order valence-electron chi connectivity index (χ3n) is 4.26. The molecular weight excluding hydrogens is 384 g/mol. The second-order valence-corrected chi connectivity index (χ2v) is 6.89. The SMILES string of the molecule is CC(C)N(Cc1nc2ccccc2c(=O)[nH]1)C(=O)c1ccc([N+](=O)[O-])cc1Cl. The van der Waals surface area contributed by atoms with Crippen molar-refractivity contribution in [3.05, 3.63) is 79.3 Å². The molecule has 144 valence electrons. The van der Waals surface area contributed by atoms with E-state index in [2.05, 4.69) is 9.97 Å². The van der Waals surface area contributed by atoms with Gasteiger partial charge in [0.05, 0.1) is 33.0 Å². The molecule has 0 aliphatic rings. The summed E-state index contributed by atoms with van der Waals surface area (Å²) in [6, 6.07) is 10.4. The average Bonchev–Trinajstić information content (AvgIpc) is 2.65. The monoisotopic (exact) mass is 400 g/mol. The van der Waals surface area contributed by atoms with Gasteiger partial charge in [0, 0.05) is 18.2 Å². The van der Waals surface area contributed by atoms with Gasteiger partial charge in [0.1, 0.15) is 5.82 Å². The fraction of sp³-hybridized carbons (Fsp3) is 0.211. The van der Waals surface area contributed by atoms with Gasteiger partial charge in [-0.05, 0) is 32.0 Å². The maximum Gasteiger partial charge on any atom is 0.270 e. The highest BCUT2D eigenvalue weighted by atomic mass is 35.5. The maximum absolute atomic E-state index is 13.0. The highest BCUT2D eigenvalue weighted by Gasteiger charge is 2.23. The van der Waals surface area contributed by atoms with Gasteiger partial charge < -0.3 is 9.88 Å². The number of H-pyrrole nitrogens is 1. The molecule has 3 rings (SSSR count). The molecule has 1 amide bonds. The molecule has 0 saturated carbocycles. The van der Waals surface area contributed by atoms with Crippen LogP contribution in [0, 0.1) is 10.1 Å². The first-order chi connectivity index (χ1) is 13.3. The van der Waals surface area contributed by atoms with E-state index >= 15 is 0 Å². The van der Waals surface area contributed by atoms with Crippen LogP contribution in [0.4, 0.5) is 5.69 Å².